The van der Waals surface area contributed by atoms with Gasteiger partial charge in [-0.05, 0) is 31.8 Å². The molecule has 1 N–H and O–H groups in total. The Morgan fingerprint density at radius 3 is 2.55 bits per heavy atom. The summed E-state index contributed by atoms with van der Waals surface area (Å²) >= 11 is 1.19. The smallest absolute Gasteiger partial charge is 0.347 e. The number of carbonyl (C=O) groups is 1. The van der Waals surface area contributed by atoms with Crippen LogP contribution in [0.25, 0.3) is 0 Å². The maximum atomic E-state index is 12.9. The second kappa shape index (κ2) is 6.11. The van der Waals surface area contributed by atoms with Gasteiger partial charge in [-0.25, -0.2) is 14.2 Å². The Kier molecular flexibility index (Phi) is 4.46. The SMILES string of the molecule is CN(C)Cc1nc(Cc2ccc(F)cc2)c(C(=O)O)s1. The van der Waals surface area contributed by atoms with Crippen molar-refractivity contribution in [3.63, 3.8) is 0 Å². The number of thiazole rings is 1. The first-order chi connectivity index (χ1) is 9.45. The summed E-state index contributed by atoms with van der Waals surface area (Å²) in [4.78, 5) is 17.8. The molecule has 1 heterocycles. The number of carboxylic acid groups (broad SMARTS) is 1. The lowest BCUT2D eigenvalue weighted by Gasteiger charge is -2.05. The second-order valence-electron chi connectivity index (χ2n) is 4.73. The van der Waals surface area contributed by atoms with E-state index in [-0.39, 0.29) is 10.7 Å². The van der Waals surface area contributed by atoms with Crippen LogP contribution in [-0.2, 0) is 13.0 Å². The molecule has 0 spiro atoms. The highest BCUT2D eigenvalue weighted by molar-refractivity contribution is 7.13. The van der Waals surface area contributed by atoms with Gasteiger partial charge in [-0.1, -0.05) is 12.1 Å². The number of hydrogen-bond donors (Lipinski definition) is 1. The second-order valence-corrected chi connectivity index (χ2v) is 5.81. The lowest BCUT2D eigenvalue weighted by atomic mass is 10.1. The van der Waals surface area contributed by atoms with Crippen LogP contribution in [0.4, 0.5) is 4.39 Å². The van der Waals surface area contributed by atoms with Gasteiger partial charge in [0.05, 0.1) is 5.69 Å². The van der Waals surface area contributed by atoms with Gasteiger partial charge in [-0.2, -0.15) is 0 Å². The molecule has 0 amide bonds. The molecule has 2 aromatic rings. The summed E-state index contributed by atoms with van der Waals surface area (Å²) < 4.78 is 12.9. The summed E-state index contributed by atoms with van der Waals surface area (Å²) in [6.07, 6.45) is 0.395. The van der Waals surface area contributed by atoms with E-state index < -0.39 is 5.97 Å². The van der Waals surface area contributed by atoms with E-state index in [9.17, 15) is 14.3 Å². The van der Waals surface area contributed by atoms with Crippen LogP contribution in [-0.4, -0.2) is 35.1 Å². The molecule has 0 saturated heterocycles. The molecule has 2 rings (SSSR count). The average molecular weight is 294 g/mol. The zero-order valence-corrected chi connectivity index (χ0v) is 12.1. The first kappa shape index (κ1) is 14.6. The van der Waals surface area contributed by atoms with E-state index in [0.29, 0.717) is 18.7 Å². The number of aromatic carboxylic acids is 1. The number of halogens is 1. The number of carboxylic acids is 1. The van der Waals surface area contributed by atoms with Crippen LogP contribution in [0.3, 0.4) is 0 Å². The summed E-state index contributed by atoms with van der Waals surface area (Å²) in [5.74, 6) is -1.27. The summed E-state index contributed by atoms with van der Waals surface area (Å²) in [6.45, 7) is 0.606. The predicted octanol–water partition coefficient (Wildman–Crippen LogP) is 2.63. The third kappa shape index (κ3) is 3.61. The predicted molar refractivity (Wildman–Crippen MR) is 75.7 cm³/mol. The quantitative estimate of drug-likeness (QED) is 0.921. The molecule has 106 valence electrons. The fourth-order valence-corrected chi connectivity index (χ4v) is 2.86. The van der Waals surface area contributed by atoms with Crippen molar-refractivity contribution in [2.45, 2.75) is 13.0 Å². The molecule has 0 aliphatic carbocycles. The fraction of sp³-hybridized carbons (Fsp3) is 0.286. The van der Waals surface area contributed by atoms with Gasteiger partial charge in [-0.3, -0.25) is 0 Å². The minimum atomic E-state index is -0.968. The fourth-order valence-electron chi connectivity index (χ4n) is 1.82. The highest BCUT2D eigenvalue weighted by atomic mass is 32.1. The maximum absolute atomic E-state index is 12.9. The van der Waals surface area contributed by atoms with Gasteiger partial charge in [0, 0.05) is 13.0 Å². The lowest BCUT2D eigenvalue weighted by molar-refractivity contribution is 0.0701. The van der Waals surface area contributed by atoms with Crippen LogP contribution in [0.5, 0.6) is 0 Å². The summed E-state index contributed by atoms with van der Waals surface area (Å²) in [5, 5.41) is 10.0. The monoisotopic (exact) mass is 294 g/mol. The molecule has 0 fully saturated rings. The molecule has 0 saturated carbocycles. The van der Waals surface area contributed by atoms with Gasteiger partial charge < -0.3 is 10.0 Å². The molecular weight excluding hydrogens is 279 g/mol. The minimum Gasteiger partial charge on any atom is -0.477 e. The van der Waals surface area contributed by atoms with Crippen molar-refractivity contribution in [3.8, 4) is 0 Å². The van der Waals surface area contributed by atoms with Gasteiger partial charge >= 0.3 is 5.97 Å². The normalized spacial score (nSPS) is 11.0. The van der Waals surface area contributed by atoms with Crippen LogP contribution in [0, 0.1) is 5.82 Å². The van der Waals surface area contributed by atoms with Crippen LogP contribution >= 0.6 is 11.3 Å². The zero-order chi connectivity index (χ0) is 14.7. The van der Waals surface area contributed by atoms with Crippen molar-refractivity contribution < 1.29 is 14.3 Å². The molecule has 0 aliphatic heterocycles. The molecule has 4 nitrogen and oxygen atoms in total. The third-order valence-corrected chi connectivity index (χ3v) is 3.74. The van der Waals surface area contributed by atoms with E-state index >= 15 is 0 Å². The molecule has 0 bridgehead atoms. The number of benzene rings is 1. The third-order valence-electron chi connectivity index (χ3n) is 2.67. The molecule has 6 heteroatoms. The van der Waals surface area contributed by atoms with Crippen LogP contribution in [0.2, 0.25) is 0 Å². The summed E-state index contributed by atoms with van der Waals surface area (Å²) in [6, 6.07) is 6.02. The molecule has 0 radical (unpaired) electrons. The van der Waals surface area contributed by atoms with E-state index in [1.54, 1.807) is 12.1 Å². The minimum absolute atomic E-state index is 0.256. The zero-order valence-electron chi connectivity index (χ0n) is 11.3. The van der Waals surface area contributed by atoms with Gasteiger partial charge in [0.25, 0.3) is 0 Å². The molecule has 0 aliphatic rings. The van der Waals surface area contributed by atoms with Crippen molar-refractivity contribution in [2.75, 3.05) is 14.1 Å². The molecule has 1 aromatic carbocycles. The molecular formula is C14H15FN2O2S. The molecule has 0 atom stereocenters. The van der Waals surface area contributed by atoms with E-state index in [1.165, 1.54) is 23.5 Å². The number of hydrogen-bond acceptors (Lipinski definition) is 4. The largest absolute Gasteiger partial charge is 0.477 e. The number of rotatable bonds is 5. The summed E-state index contributed by atoms with van der Waals surface area (Å²) in [5.41, 5.74) is 1.38. The van der Waals surface area contributed by atoms with Crippen LogP contribution in [0.1, 0.15) is 25.9 Å². The number of nitrogens with zero attached hydrogens (tertiary/aromatic N) is 2. The lowest BCUT2D eigenvalue weighted by Crippen LogP contribution is -2.10. The Hall–Kier alpha value is -1.79. The Morgan fingerprint density at radius 2 is 2.00 bits per heavy atom. The maximum Gasteiger partial charge on any atom is 0.347 e. The first-order valence-corrected chi connectivity index (χ1v) is 6.88. The Morgan fingerprint density at radius 1 is 1.35 bits per heavy atom. The van der Waals surface area contributed by atoms with Crippen molar-refractivity contribution in [3.05, 3.63) is 51.2 Å². The number of aromatic nitrogens is 1. The summed E-state index contributed by atoms with van der Waals surface area (Å²) in [7, 11) is 3.81. The van der Waals surface area contributed by atoms with Crippen LogP contribution in [0.15, 0.2) is 24.3 Å². The van der Waals surface area contributed by atoms with Crippen molar-refractivity contribution in [2.24, 2.45) is 0 Å². The van der Waals surface area contributed by atoms with Crippen molar-refractivity contribution in [1.82, 2.24) is 9.88 Å². The van der Waals surface area contributed by atoms with Crippen LogP contribution < -0.4 is 0 Å². The highest BCUT2D eigenvalue weighted by Gasteiger charge is 2.17. The first-order valence-electron chi connectivity index (χ1n) is 6.06. The van der Waals surface area contributed by atoms with E-state index in [1.807, 2.05) is 19.0 Å². The molecule has 20 heavy (non-hydrogen) atoms. The van der Waals surface area contributed by atoms with E-state index in [4.69, 9.17) is 0 Å². The topological polar surface area (TPSA) is 53.4 Å². The Balaban J connectivity index is 2.27. The standard InChI is InChI=1S/C14H15FN2O2S/c1-17(2)8-12-16-11(13(20-12)14(18)19)7-9-3-5-10(15)6-4-9/h3-6H,7-8H2,1-2H3,(H,18,19). The van der Waals surface area contributed by atoms with Crippen molar-refractivity contribution >= 4 is 17.3 Å². The van der Waals surface area contributed by atoms with Gasteiger partial charge in [0.1, 0.15) is 15.7 Å². The highest BCUT2D eigenvalue weighted by Crippen LogP contribution is 2.22. The Bertz CT molecular complexity index is 608. The van der Waals surface area contributed by atoms with Gasteiger partial charge in [0.2, 0.25) is 0 Å². The van der Waals surface area contributed by atoms with Gasteiger partial charge in [0.15, 0.2) is 0 Å². The van der Waals surface area contributed by atoms with Crippen molar-refractivity contribution in [1.29, 1.82) is 0 Å². The Labute approximate surface area is 120 Å². The van der Waals surface area contributed by atoms with E-state index in [0.717, 1.165) is 10.6 Å². The molecule has 0 unspecified atom stereocenters. The van der Waals surface area contributed by atoms with Gasteiger partial charge in [-0.15, -0.1) is 11.3 Å². The molecule has 1 aromatic heterocycles. The average Bonchev–Trinajstić information content (AvgIpc) is 2.74. The van der Waals surface area contributed by atoms with E-state index in [2.05, 4.69) is 4.98 Å².